The average Bonchev–Trinajstić information content (AvgIpc) is 3.05. The van der Waals surface area contributed by atoms with Gasteiger partial charge < -0.3 is 9.47 Å². The van der Waals surface area contributed by atoms with Crippen molar-refractivity contribution in [3.63, 3.8) is 0 Å². The maximum Gasteiger partial charge on any atom is 0.216 e. The molecule has 140 valence electrons. The Bertz CT molecular complexity index is 964. The van der Waals surface area contributed by atoms with Gasteiger partial charge in [-0.25, -0.2) is 0 Å². The van der Waals surface area contributed by atoms with E-state index >= 15 is 0 Å². The molecule has 0 fully saturated rings. The summed E-state index contributed by atoms with van der Waals surface area (Å²) in [5.41, 5.74) is 2.02. The molecule has 3 aromatic rings. The Labute approximate surface area is 163 Å². The monoisotopic (exact) mass is 382 g/mol. The molecule has 0 amide bonds. The first-order valence-electron chi connectivity index (χ1n) is 8.76. The summed E-state index contributed by atoms with van der Waals surface area (Å²) in [7, 11) is 1.62. The summed E-state index contributed by atoms with van der Waals surface area (Å²) < 4.78 is 13.2. The minimum absolute atomic E-state index is 0.451. The van der Waals surface area contributed by atoms with Crippen molar-refractivity contribution in [1.29, 1.82) is 0 Å². The van der Waals surface area contributed by atoms with Crippen molar-refractivity contribution < 1.29 is 9.47 Å². The predicted octanol–water partition coefficient (Wildman–Crippen LogP) is 4.21. The fourth-order valence-corrected chi connectivity index (χ4v) is 2.75. The van der Waals surface area contributed by atoms with Crippen LogP contribution in [-0.2, 0) is 6.42 Å². The third kappa shape index (κ3) is 4.83. The molecule has 0 saturated heterocycles. The highest BCUT2D eigenvalue weighted by Crippen LogP contribution is 2.27. The van der Waals surface area contributed by atoms with Gasteiger partial charge in [0.2, 0.25) is 4.77 Å². The summed E-state index contributed by atoms with van der Waals surface area (Å²) >= 11 is 5.31. The van der Waals surface area contributed by atoms with Gasteiger partial charge in [0.05, 0.1) is 19.9 Å². The molecule has 3 rings (SSSR count). The molecular formula is C20H22N4O2S. The highest BCUT2D eigenvalue weighted by Gasteiger charge is 2.07. The summed E-state index contributed by atoms with van der Waals surface area (Å²) in [4.78, 5) is 0. The number of ether oxygens (including phenoxy) is 2. The van der Waals surface area contributed by atoms with Crippen molar-refractivity contribution in [1.82, 2.24) is 14.9 Å². The zero-order valence-electron chi connectivity index (χ0n) is 15.4. The van der Waals surface area contributed by atoms with Gasteiger partial charge in [0.25, 0.3) is 0 Å². The van der Waals surface area contributed by atoms with Crippen LogP contribution in [0.1, 0.15) is 30.3 Å². The minimum atomic E-state index is 0.451. The van der Waals surface area contributed by atoms with Crippen LogP contribution in [0.4, 0.5) is 0 Å². The molecule has 1 aromatic heterocycles. The third-order valence-electron chi connectivity index (χ3n) is 3.89. The Morgan fingerprint density at radius 3 is 2.74 bits per heavy atom. The molecule has 0 spiro atoms. The molecular weight excluding hydrogens is 360 g/mol. The minimum Gasteiger partial charge on any atom is -0.493 e. The molecule has 2 aromatic carbocycles. The number of aromatic amines is 1. The molecule has 0 saturated carbocycles. The van der Waals surface area contributed by atoms with E-state index in [1.807, 2.05) is 48.5 Å². The van der Waals surface area contributed by atoms with Gasteiger partial charge in [-0.15, -0.1) is 0 Å². The van der Waals surface area contributed by atoms with Crippen molar-refractivity contribution in [2.45, 2.75) is 19.8 Å². The molecule has 0 aliphatic heterocycles. The lowest BCUT2D eigenvalue weighted by Crippen LogP contribution is -2.01. The van der Waals surface area contributed by atoms with Crippen LogP contribution < -0.4 is 9.47 Å². The fourth-order valence-electron chi connectivity index (χ4n) is 2.56. The van der Waals surface area contributed by atoms with E-state index in [2.05, 4.69) is 22.2 Å². The first-order valence-corrected chi connectivity index (χ1v) is 9.17. The van der Waals surface area contributed by atoms with E-state index in [1.54, 1.807) is 18.0 Å². The van der Waals surface area contributed by atoms with Crippen molar-refractivity contribution in [2.75, 3.05) is 13.7 Å². The normalized spacial score (nSPS) is 11.0. The van der Waals surface area contributed by atoms with Gasteiger partial charge in [0, 0.05) is 6.42 Å². The van der Waals surface area contributed by atoms with Crippen LogP contribution in [0.3, 0.4) is 0 Å². The van der Waals surface area contributed by atoms with Crippen molar-refractivity contribution in [3.8, 4) is 11.5 Å². The van der Waals surface area contributed by atoms with Gasteiger partial charge in [-0.05, 0) is 48.0 Å². The van der Waals surface area contributed by atoms with Crippen LogP contribution in [0, 0.1) is 4.77 Å². The van der Waals surface area contributed by atoms with E-state index in [-0.39, 0.29) is 0 Å². The smallest absolute Gasteiger partial charge is 0.216 e. The molecule has 0 aliphatic carbocycles. The summed E-state index contributed by atoms with van der Waals surface area (Å²) in [6.45, 7) is 2.71. The second-order valence-corrected chi connectivity index (χ2v) is 6.31. The Morgan fingerprint density at radius 2 is 2.00 bits per heavy atom. The van der Waals surface area contributed by atoms with Crippen LogP contribution >= 0.6 is 12.2 Å². The molecule has 1 N–H and O–H groups in total. The van der Waals surface area contributed by atoms with Gasteiger partial charge in [-0.2, -0.15) is 14.9 Å². The average molecular weight is 382 g/mol. The Morgan fingerprint density at radius 1 is 1.19 bits per heavy atom. The molecule has 0 bridgehead atoms. The lowest BCUT2D eigenvalue weighted by Gasteiger charge is -2.10. The highest BCUT2D eigenvalue weighted by molar-refractivity contribution is 7.71. The van der Waals surface area contributed by atoms with Crippen LogP contribution in [0.5, 0.6) is 11.5 Å². The zero-order valence-corrected chi connectivity index (χ0v) is 16.2. The molecule has 7 heteroatoms. The predicted molar refractivity (Wildman–Crippen MR) is 108 cm³/mol. The largest absolute Gasteiger partial charge is 0.493 e. The summed E-state index contributed by atoms with van der Waals surface area (Å²) in [5.74, 6) is 2.14. The van der Waals surface area contributed by atoms with Crippen LogP contribution in [0.2, 0.25) is 0 Å². The van der Waals surface area contributed by atoms with E-state index < -0.39 is 0 Å². The SMILES string of the molecule is CCCOc1ccc(/C=N\n2c(Cc3ccccc3)n[nH]c2=S)cc1OC. The highest BCUT2D eigenvalue weighted by atomic mass is 32.1. The quantitative estimate of drug-likeness (QED) is 0.468. The van der Waals surface area contributed by atoms with Gasteiger partial charge in [-0.1, -0.05) is 37.3 Å². The van der Waals surface area contributed by atoms with Crippen molar-refractivity contribution in [3.05, 3.63) is 70.3 Å². The van der Waals surface area contributed by atoms with Gasteiger partial charge in [0.1, 0.15) is 0 Å². The van der Waals surface area contributed by atoms with E-state index in [1.165, 1.54) is 0 Å². The number of methoxy groups -OCH3 is 1. The fraction of sp³-hybridized carbons (Fsp3) is 0.250. The number of aromatic nitrogens is 3. The number of hydrogen-bond donors (Lipinski definition) is 1. The van der Waals surface area contributed by atoms with E-state index in [9.17, 15) is 0 Å². The lowest BCUT2D eigenvalue weighted by atomic mass is 10.1. The Balaban J connectivity index is 1.82. The van der Waals surface area contributed by atoms with Crippen molar-refractivity contribution in [2.24, 2.45) is 5.10 Å². The van der Waals surface area contributed by atoms with Crippen molar-refractivity contribution >= 4 is 18.4 Å². The van der Waals surface area contributed by atoms with Crippen LogP contribution in [0.25, 0.3) is 0 Å². The Kier molecular flexibility index (Phi) is 6.38. The van der Waals surface area contributed by atoms with E-state index in [0.29, 0.717) is 23.5 Å². The molecule has 0 unspecified atom stereocenters. The summed E-state index contributed by atoms with van der Waals surface area (Å²) in [5, 5.41) is 11.6. The van der Waals surface area contributed by atoms with E-state index in [4.69, 9.17) is 21.7 Å². The second-order valence-electron chi connectivity index (χ2n) is 5.92. The molecule has 0 aliphatic rings. The molecule has 6 nitrogen and oxygen atoms in total. The van der Waals surface area contributed by atoms with Crippen LogP contribution in [0.15, 0.2) is 53.6 Å². The molecule has 0 atom stereocenters. The first-order chi connectivity index (χ1) is 13.2. The second kappa shape index (κ2) is 9.14. The number of hydrogen-bond acceptors (Lipinski definition) is 5. The molecule has 27 heavy (non-hydrogen) atoms. The number of rotatable bonds is 8. The standard InChI is InChI=1S/C20H22N4O2S/c1-3-11-26-17-10-9-16(12-18(17)25-2)14-21-24-19(22-23-20(24)27)13-15-7-5-4-6-8-15/h4-10,12,14H,3,11,13H2,1-2H3,(H,23,27)/b21-14-. The number of benzene rings is 2. The Hall–Kier alpha value is -2.93. The third-order valence-corrected chi connectivity index (χ3v) is 4.16. The summed E-state index contributed by atoms with van der Waals surface area (Å²) in [6, 6.07) is 15.8. The maximum atomic E-state index is 5.68. The molecule has 0 radical (unpaired) electrons. The topological polar surface area (TPSA) is 64.4 Å². The van der Waals surface area contributed by atoms with Gasteiger partial charge in [-0.3, -0.25) is 5.10 Å². The number of nitrogens with one attached hydrogen (secondary N) is 1. The lowest BCUT2D eigenvalue weighted by molar-refractivity contribution is 0.294. The number of nitrogens with zero attached hydrogens (tertiary/aromatic N) is 3. The number of H-pyrrole nitrogens is 1. The zero-order chi connectivity index (χ0) is 19.1. The maximum absolute atomic E-state index is 5.68. The molecule has 1 heterocycles. The van der Waals surface area contributed by atoms with E-state index in [0.717, 1.165) is 29.1 Å². The summed E-state index contributed by atoms with van der Waals surface area (Å²) in [6.07, 6.45) is 3.31. The van der Waals surface area contributed by atoms with Gasteiger partial charge in [0.15, 0.2) is 17.3 Å². The van der Waals surface area contributed by atoms with Crippen LogP contribution in [-0.4, -0.2) is 34.8 Å². The first kappa shape index (κ1) is 18.8. The van der Waals surface area contributed by atoms with Gasteiger partial charge >= 0.3 is 0 Å².